The molecule has 1 aromatic heterocycles. The van der Waals surface area contributed by atoms with E-state index >= 15 is 0 Å². The Hall–Kier alpha value is -2.17. The van der Waals surface area contributed by atoms with Gasteiger partial charge in [0.1, 0.15) is 5.82 Å². The van der Waals surface area contributed by atoms with E-state index in [1.807, 2.05) is 0 Å². The Morgan fingerprint density at radius 3 is 2.75 bits per heavy atom. The lowest BCUT2D eigenvalue weighted by Gasteiger charge is -2.05. The number of benzene rings is 1. The van der Waals surface area contributed by atoms with Gasteiger partial charge in [0, 0.05) is 18.1 Å². The molecule has 4 nitrogen and oxygen atoms in total. The van der Waals surface area contributed by atoms with E-state index in [1.54, 1.807) is 6.92 Å². The molecule has 0 atom stereocenters. The van der Waals surface area contributed by atoms with Crippen molar-refractivity contribution in [3.05, 3.63) is 62.7 Å². The number of aromatic nitrogens is 2. The van der Waals surface area contributed by atoms with E-state index in [4.69, 9.17) is 0 Å². The molecule has 2 rings (SSSR count). The topological polar surface area (TPSA) is 54.9 Å². The maximum Gasteiger partial charge on any atom is 0.320 e. The van der Waals surface area contributed by atoms with E-state index in [0.29, 0.717) is 11.3 Å². The minimum absolute atomic E-state index is 0.346. The molecule has 5 heteroatoms. The summed E-state index contributed by atoms with van der Waals surface area (Å²) in [4.78, 5) is 24.9. The van der Waals surface area contributed by atoms with Gasteiger partial charge in [-0.15, -0.1) is 0 Å². The first-order chi connectivity index (χ1) is 7.59. The van der Waals surface area contributed by atoms with Crippen LogP contribution in [0, 0.1) is 12.7 Å². The minimum Gasteiger partial charge on any atom is -0.323 e. The first-order valence-electron chi connectivity index (χ1n) is 4.66. The molecule has 16 heavy (non-hydrogen) atoms. The molecule has 1 N–H and O–H groups in total. The van der Waals surface area contributed by atoms with Crippen LogP contribution in [-0.4, -0.2) is 9.55 Å². The lowest BCUT2D eigenvalue weighted by Crippen LogP contribution is -2.34. The van der Waals surface area contributed by atoms with Crippen LogP contribution < -0.4 is 11.1 Å². The van der Waals surface area contributed by atoms with Crippen LogP contribution in [0.25, 0.3) is 5.69 Å². The fraction of sp³-hybridized carbons (Fsp3) is 0.0909. The lowest BCUT2D eigenvalue weighted by molar-refractivity contribution is 0.618. The van der Waals surface area contributed by atoms with Gasteiger partial charge in [0.05, 0.1) is 0 Å². The maximum absolute atomic E-state index is 13.0. The van der Waals surface area contributed by atoms with Gasteiger partial charge in [-0.3, -0.25) is 14.2 Å². The summed E-state index contributed by atoms with van der Waals surface area (Å²) in [6, 6.07) is 4.22. The van der Waals surface area contributed by atoms with Crippen LogP contribution in [0.1, 0.15) is 5.56 Å². The third-order valence-electron chi connectivity index (χ3n) is 2.27. The van der Waals surface area contributed by atoms with Gasteiger partial charge in [-0.2, -0.15) is 0 Å². The SMILES string of the molecule is Cc1cc(-n2cc[nH]c(=O)c2=O)ccc1F. The van der Waals surface area contributed by atoms with Crippen molar-refractivity contribution >= 4 is 0 Å². The van der Waals surface area contributed by atoms with Crippen LogP contribution in [0.15, 0.2) is 40.2 Å². The summed E-state index contributed by atoms with van der Waals surface area (Å²) in [5.41, 5.74) is -0.502. The van der Waals surface area contributed by atoms with Crippen LogP contribution in [0.5, 0.6) is 0 Å². The largest absolute Gasteiger partial charge is 0.323 e. The Kier molecular flexibility index (Phi) is 2.44. The zero-order chi connectivity index (χ0) is 11.7. The molecule has 82 valence electrons. The minimum atomic E-state index is -0.704. The summed E-state index contributed by atoms with van der Waals surface area (Å²) >= 11 is 0. The highest BCUT2D eigenvalue weighted by molar-refractivity contribution is 5.36. The van der Waals surface area contributed by atoms with Crippen molar-refractivity contribution in [1.82, 2.24) is 9.55 Å². The number of hydrogen-bond acceptors (Lipinski definition) is 2. The first-order valence-corrected chi connectivity index (χ1v) is 4.66. The molecule has 1 aromatic carbocycles. The zero-order valence-corrected chi connectivity index (χ0v) is 8.53. The van der Waals surface area contributed by atoms with Crippen molar-refractivity contribution in [2.24, 2.45) is 0 Å². The molecule has 0 aliphatic rings. The number of nitrogens with one attached hydrogen (secondary N) is 1. The van der Waals surface area contributed by atoms with Crippen LogP contribution in [0.3, 0.4) is 0 Å². The van der Waals surface area contributed by atoms with Gasteiger partial charge in [0.25, 0.3) is 0 Å². The van der Waals surface area contributed by atoms with Crippen molar-refractivity contribution in [1.29, 1.82) is 0 Å². The number of aromatic amines is 1. The van der Waals surface area contributed by atoms with E-state index in [2.05, 4.69) is 4.98 Å². The average Bonchev–Trinajstić information content (AvgIpc) is 2.26. The number of H-pyrrole nitrogens is 1. The summed E-state index contributed by atoms with van der Waals surface area (Å²) < 4.78 is 14.2. The second-order valence-corrected chi connectivity index (χ2v) is 3.40. The Labute approximate surface area is 90.0 Å². The molecular formula is C11H9FN2O2. The van der Waals surface area contributed by atoms with E-state index in [1.165, 1.54) is 35.2 Å². The number of aryl methyl sites for hydroxylation is 1. The van der Waals surface area contributed by atoms with Gasteiger partial charge in [0.15, 0.2) is 0 Å². The maximum atomic E-state index is 13.0. The smallest absolute Gasteiger partial charge is 0.320 e. The van der Waals surface area contributed by atoms with Crippen molar-refractivity contribution < 1.29 is 4.39 Å². The number of hydrogen-bond donors (Lipinski definition) is 1. The van der Waals surface area contributed by atoms with E-state index in [9.17, 15) is 14.0 Å². The van der Waals surface area contributed by atoms with E-state index in [0.717, 1.165) is 0 Å². The molecule has 0 fully saturated rings. The molecule has 0 spiro atoms. The standard InChI is InChI=1S/C11H9FN2O2/c1-7-6-8(2-3-9(7)12)14-5-4-13-10(15)11(14)16/h2-6H,1H3,(H,13,15). The van der Waals surface area contributed by atoms with Gasteiger partial charge in [-0.25, -0.2) is 4.39 Å². The molecular weight excluding hydrogens is 211 g/mol. The molecule has 2 aromatic rings. The predicted molar refractivity (Wildman–Crippen MR) is 57.4 cm³/mol. The second kappa shape index (κ2) is 3.77. The Morgan fingerprint density at radius 1 is 1.31 bits per heavy atom. The van der Waals surface area contributed by atoms with Gasteiger partial charge < -0.3 is 4.98 Å². The quantitative estimate of drug-likeness (QED) is 0.728. The van der Waals surface area contributed by atoms with Crippen molar-refractivity contribution in [2.45, 2.75) is 6.92 Å². The summed E-state index contributed by atoms with van der Waals surface area (Å²) in [5.74, 6) is -0.346. The Balaban J connectivity index is 2.68. The molecule has 0 saturated carbocycles. The van der Waals surface area contributed by atoms with E-state index in [-0.39, 0.29) is 5.82 Å². The Morgan fingerprint density at radius 2 is 2.06 bits per heavy atom. The fourth-order valence-electron chi connectivity index (χ4n) is 1.41. The number of rotatable bonds is 1. The van der Waals surface area contributed by atoms with Gasteiger partial charge in [-0.05, 0) is 30.7 Å². The number of halogens is 1. The third kappa shape index (κ3) is 1.67. The normalized spacial score (nSPS) is 10.4. The van der Waals surface area contributed by atoms with Crippen molar-refractivity contribution in [3.8, 4) is 5.69 Å². The molecule has 1 heterocycles. The monoisotopic (exact) mass is 220 g/mol. The van der Waals surface area contributed by atoms with Crippen LogP contribution in [-0.2, 0) is 0 Å². The summed E-state index contributed by atoms with van der Waals surface area (Å²) in [6.07, 6.45) is 2.79. The summed E-state index contributed by atoms with van der Waals surface area (Å²) in [6.45, 7) is 1.59. The van der Waals surface area contributed by atoms with Crippen LogP contribution in [0.2, 0.25) is 0 Å². The van der Waals surface area contributed by atoms with E-state index < -0.39 is 11.1 Å². The zero-order valence-electron chi connectivity index (χ0n) is 8.53. The fourth-order valence-corrected chi connectivity index (χ4v) is 1.41. The molecule has 0 aliphatic carbocycles. The van der Waals surface area contributed by atoms with Gasteiger partial charge in [-0.1, -0.05) is 0 Å². The highest BCUT2D eigenvalue weighted by Gasteiger charge is 2.04. The molecule has 0 bridgehead atoms. The highest BCUT2D eigenvalue weighted by Crippen LogP contribution is 2.11. The lowest BCUT2D eigenvalue weighted by atomic mass is 10.2. The summed E-state index contributed by atoms with van der Waals surface area (Å²) in [5, 5.41) is 0. The van der Waals surface area contributed by atoms with Crippen molar-refractivity contribution in [2.75, 3.05) is 0 Å². The number of nitrogens with zero attached hydrogens (tertiary/aromatic N) is 1. The summed E-state index contributed by atoms with van der Waals surface area (Å²) in [7, 11) is 0. The average molecular weight is 220 g/mol. The second-order valence-electron chi connectivity index (χ2n) is 3.40. The highest BCUT2D eigenvalue weighted by atomic mass is 19.1. The molecule has 0 amide bonds. The Bertz CT molecular complexity index is 643. The first kappa shape index (κ1) is 10.4. The predicted octanol–water partition coefficient (Wildman–Crippen LogP) is 0.973. The molecule has 0 unspecified atom stereocenters. The molecule has 0 aliphatic heterocycles. The third-order valence-corrected chi connectivity index (χ3v) is 2.27. The molecule has 0 radical (unpaired) electrons. The molecule has 0 saturated heterocycles. The van der Waals surface area contributed by atoms with Crippen molar-refractivity contribution in [3.63, 3.8) is 0 Å². The van der Waals surface area contributed by atoms with Gasteiger partial charge >= 0.3 is 11.1 Å². The van der Waals surface area contributed by atoms with Gasteiger partial charge in [0.2, 0.25) is 0 Å². The van der Waals surface area contributed by atoms with Crippen LogP contribution in [0.4, 0.5) is 4.39 Å². The van der Waals surface area contributed by atoms with Crippen LogP contribution >= 0.6 is 0 Å².